The van der Waals surface area contributed by atoms with E-state index >= 15 is 0 Å². The number of ether oxygens (including phenoxy) is 3. The van der Waals surface area contributed by atoms with Crippen LogP contribution in [0.2, 0.25) is 0 Å². The number of hydrogen-bond acceptors (Lipinski definition) is 7. The van der Waals surface area contributed by atoms with Crippen molar-refractivity contribution in [3.8, 4) is 23.0 Å². The summed E-state index contributed by atoms with van der Waals surface area (Å²) in [4.78, 5) is 24.3. The number of rotatable bonds is 4. The van der Waals surface area contributed by atoms with Crippen molar-refractivity contribution in [2.45, 2.75) is 20.8 Å². The Labute approximate surface area is 150 Å². The van der Waals surface area contributed by atoms with Gasteiger partial charge in [-0.05, 0) is 44.0 Å². The molecule has 2 aromatic carbocycles. The van der Waals surface area contributed by atoms with Crippen LogP contribution >= 0.6 is 0 Å². The normalized spacial score (nSPS) is 10.3. The van der Waals surface area contributed by atoms with Crippen molar-refractivity contribution in [1.29, 1.82) is 0 Å². The highest BCUT2D eigenvalue weighted by atomic mass is 16.5. The summed E-state index contributed by atoms with van der Waals surface area (Å²) in [6.07, 6.45) is 0. The Bertz CT molecular complexity index is 861. The minimum Gasteiger partial charge on any atom is -0.507 e. The van der Waals surface area contributed by atoms with Crippen molar-refractivity contribution < 1.29 is 34.0 Å². The number of phenolic OH excluding ortho intramolecular Hbond substituents is 2. The number of carbonyl (C=O) groups excluding carboxylic acids is 2. The predicted molar refractivity (Wildman–Crippen MR) is 93.3 cm³/mol. The van der Waals surface area contributed by atoms with Gasteiger partial charge in [-0.25, -0.2) is 9.59 Å². The molecule has 0 spiro atoms. The van der Waals surface area contributed by atoms with Crippen LogP contribution in [0.1, 0.15) is 37.4 Å². The first-order valence-electron chi connectivity index (χ1n) is 7.72. The molecule has 138 valence electrons. The van der Waals surface area contributed by atoms with E-state index in [0.717, 1.165) is 0 Å². The van der Waals surface area contributed by atoms with Crippen LogP contribution in [-0.4, -0.2) is 36.4 Å². The molecule has 0 saturated heterocycles. The Hall–Kier alpha value is -3.22. The molecule has 0 aromatic heterocycles. The van der Waals surface area contributed by atoms with Gasteiger partial charge in [-0.15, -0.1) is 0 Å². The molecule has 0 aliphatic rings. The average molecular weight is 360 g/mol. The van der Waals surface area contributed by atoms with Gasteiger partial charge in [0.1, 0.15) is 34.1 Å². The van der Waals surface area contributed by atoms with Crippen molar-refractivity contribution in [3.63, 3.8) is 0 Å². The van der Waals surface area contributed by atoms with Crippen molar-refractivity contribution in [3.05, 3.63) is 46.0 Å². The lowest BCUT2D eigenvalue weighted by Gasteiger charge is -2.15. The average Bonchev–Trinajstić information content (AvgIpc) is 2.58. The van der Waals surface area contributed by atoms with E-state index in [0.29, 0.717) is 16.9 Å². The molecule has 7 heteroatoms. The number of aryl methyl sites for hydroxylation is 2. The highest BCUT2D eigenvalue weighted by Gasteiger charge is 2.23. The van der Waals surface area contributed by atoms with Gasteiger partial charge in [0.2, 0.25) is 0 Å². The van der Waals surface area contributed by atoms with Crippen molar-refractivity contribution >= 4 is 11.9 Å². The smallest absolute Gasteiger partial charge is 0.347 e. The van der Waals surface area contributed by atoms with Crippen molar-refractivity contribution in [2.24, 2.45) is 0 Å². The third-order valence-corrected chi connectivity index (χ3v) is 4.02. The molecular formula is C19H20O7. The number of esters is 2. The summed E-state index contributed by atoms with van der Waals surface area (Å²) in [6, 6.07) is 4.35. The summed E-state index contributed by atoms with van der Waals surface area (Å²) in [6.45, 7) is 4.72. The first-order valence-corrected chi connectivity index (χ1v) is 7.72. The maximum atomic E-state index is 12.5. The minimum atomic E-state index is -0.796. The van der Waals surface area contributed by atoms with Gasteiger partial charge in [-0.3, -0.25) is 0 Å². The third-order valence-electron chi connectivity index (χ3n) is 4.02. The lowest BCUT2D eigenvalue weighted by Crippen LogP contribution is -2.13. The Balaban J connectivity index is 2.44. The molecule has 0 atom stereocenters. The zero-order chi connectivity index (χ0) is 19.6. The topological polar surface area (TPSA) is 102 Å². The highest BCUT2D eigenvalue weighted by Crippen LogP contribution is 2.35. The molecule has 0 aliphatic heterocycles. The van der Waals surface area contributed by atoms with Gasteiger partial charge in [-0.1, -0.05) is 0 Å². The van der Waals surface area contributed by atoms with Gasteiger partial charge < -0.3 is 24.4 Å². The number of phenols is 2. The molecule has 0 radical (unpaired) electrons. The molecule has 0 unspecified atom stereocenters. The molecule has 2 aromatic rings. The van der Waals surface area contributed by atoms with Gasteiger partial charge in [-0.2, -0.15) is 0 Å². The van der Waals surface area contributed by atoms with E-state index in [1.807, 2.05) is 0 Å². The third kappa shape index (κ3) is 3.42. The summed E-state index contributed by atoms with van der Waals surface area (Å²) in [5.41, 5.74) is 1.05. The van der Waals surface area contributed by atoms with E-state index in [4.69, 9.17) is 9.47 Å². The molecule has 2 rings (SSSR count). The summed E-state index contributed by atoms with van der Waals surface area (Å²) in [5, 5.41) is 20.4. The second kappa shape index (κ2) is 7.35. The van der Waals surface area contributed by atoms with Crippen molar-refractivity contribution in [1.82, 2.24) is 0 Å². The number of aromatic hydroxyl groups is 2. The maximum Gasteiger partial charge on any atom is 0.347 e. The van der Waals surface area contributed by atoms with Crippen LogP contribution in [0, 0.1) is 20.8 Å². The fraction of sp³-hybridized carbons (Fsp3) is 0.263. The van der Waals surface area contributed by atoms with Gasteiger partial charge in [0.25, 0.3) is 0 Å². The molecule has 2 N–H and O–H groups in total. The minimum absolute atomic E-state index is 0.00766. The molecule has 7 nitrogen and oxygen atoms in total. The van der Waals surface area contributed by atoms with E-state index in [1.165, 1.54) is 33.3 Å². The van der Waals surface area contributed by atoms with Crippen LogP contribution in [0.4, 0.5) is 0 Å². The Morgan fingerprint density at radius 3 is 2.04 bits per heavy atom. The fourth-order valence-electron chi connectivity index (χ4n) is 2.60. The van der Waals surface area contributed by atoms with Crippen LogP contribution in [0.5, 0.6) is 23.0 Å². The number of hydrogen-bond donors (Lipinski definition) is 2. The zero-order valence-corrected chi connectivity index (χ0v) is 15.2. The van der Waals surface area contributed by atoms with Crippen LogP contribution in [0.3, 0.4) is 0 Å². The van der Waals surface area contributed by atoms with E-state index in [9.17, 15) is 19.8 Å². The molecule has 0 amide bonds. The molecule has 0 aliphatic carbocycles. The largest absolute Gasteiger partial charge is 0.507 e. The number of carbonyl (C=O) groups is 2. The van der Waals surface area contributed by atoms with Crippen molar-refractivity contribution in [2.75, 3.05) is 14.2 Å². The van der Waals surface area contributed by atoms with E-state index in [2.05, 4.69) is 4.74 Å². The summed E-state index contributed by atoms with van der Waals surface area (Å²) in [7, 11) is 2.66. The van der Waals surface area contributed by atoms with Crippen LogP contribution in [-0.2, 0) is 4.74 Å². The van der Waals surface area contributed by atoms with E-state index in [1.54, 1.807) is 19.9 Å². The Kier molecular flexibility index (Phi) is 5.40. The maximum absolute atomic E-state index is 12.5. The first kappa shape index (κ1) is 19.1. The Morgan fingerprint density at radius 1 is 0.885 bits per heavy atom. The zero-order valence-electron chi connectivity index (χ0n) is 15.2. The van der Waals surface area contributed by atoms with Crippen LogP contribution < -0.4 is 9.47 Å². The molecule has 0 saturated carbocycles. The SMILES string of the molecule is COC(=O)c1c(C)cc(OC(=O)c2c(C)cc(OC)cc2O)c(C)c1O. The standard InChI is InChI=1S/C19H20O7/c1-9-6-12(24-4)8-13(20)15(9)19(23)26-14-7-10(2)16(18(22)25-5)17(21)11(14)3/h6-8,20-21H,1-5H3. The van der Waals surface area contributed by atoms with Gasteiger partial charge >= 0.3 is 11.9 Å². The molecule has 0 fully saturated rings. The van der Waals surface area contributed by atoms with Crippen LogP contribution in [0.15, 0.2) is 18.2 Å². The molecule has 0 bridgehead atoms. The van der Waals surface area contributed by atoms with E-state index in [-0.39, 0.29) is 33.9 Å². The predicted octanol–water partition coefficient (Wildman–Crippen LogP) is 3.04. The van der Waals surface area contributed by atoms with E-state index < -0.39 is 11.9 Å². The summed E-state index contributed by atoms with van der Waals surface area (Å²) < 4.78 is 15.0. The van der Waals surface area contributed by atoms with Gasteiger partial charge in [0.05, 0.1) is 14.2 Å². The number of benzene rings is 2. The second-order valence-corrected chi connectivity index (χ2v) is 5.76. The van der Waals surface area contributed by atoms with Crippen LogP contribution in [0.25, 0.3) is 0 Å². The molecule has 26 heavy (non-hydrogen) atoms. The molecule has 0 heterocycles. The molecular weight excluding hydrogens is 340 g/mol. The van der Waals surface area contributed by atoms with Gasteiger partial charge in [0, 0.05) is 11.6 Å². The Morgan fingerprint density at radius 2 is 1.50 bits per heavy atom. The lowest BCUT2D eigenvalue weighted by atomic mass is 10.0. The lowest BCUT2D eigenvalue weighted by molar-refractivity contribution is 0.0596. The quantitative estimate of drug-likeness (QED) is 0.638. The second-order valence-electron chi connectivity index (χ2n) is 5.76. The highest BCUT2D eigenvalue weighted by molar-refractivity contribution is 5.97. The van der Waals surface area contributed by atoms with Gasteiger partial charge in [0.15, 0.2) is 0 Å². The summed E-state index contributed by atoms with van der Waals surface area (Å²) >= 11 is 0. The monoisotopic (exact) mass is 360 g/mol. The first-order chi connectivity index (χ1) is 12.2. The summed E-state index contributed by atoms with van der Waals surface area (Å²) in [5.74, 6) is -1.61. The fourth-order valence-corrected chi connectivity index (χ4v) is 2.60. The number of methoxy groups -OCH3 is 2.